The molecule has 0 atom stereocenters. The molecule has 0 heterocycles. The van der Waals surface area contributed by atoms with E-state index in [0.717, 1.165) is 32.4 Å². The largest absolute Gasteiger partial charge is 0.338 e. The lowest BCUT2D eigenvalue weighted by atomic mass is 10.1. The van der Waals surface area contributed by atoms with Crippen LogP contribution in [-0.4, -0.2) is 19.1 Å². The van der Waals surface area contributed by atoms with Gasteiger partial charge < -0.3 is 10.6 Å². The Labute approximate surface area is 151 Å². The summed E-state index contributed by atoms with van der Waals surface area (Å²) in [6.45, 7) is 5.98. The van der Waals surface area contributed by atoms with E-state index in [1.54, 1.807) is 0 Å². The third-order valence-electron chi connectivity index (χ3n) is 4.29. The maximum Gasteiger partial charge on any atom is 0.314 e. The first-order valence-corrected chi connectivity index (χ1v) is 10.5. The van der Waals surface area contributed by atoms with Gasteiger partial charge in [0.15, 0.2) is 0 Å². The van der Waals surface area contributed by atoms with Gasteiger partial charge in [0.1, 0.15) is 0 Å². The molecule has 0 rings (SSSR count). The van der Waals surface area contributed by atoms with Gasteiger partial charge in [0.25, 0.3) is 0 Å². The zero-order chi connectivity index (χ0) is 17.7. The van der Waals surface area contributed by atoms with E-state index in [1.165, 1.54) is 70.6 Å². The van der Waals surface area contributed by atoms with Gasteiger partial charge in [-0.05, 0) is 38.5 Å². The predicted octanol–water partition coefficient (Wildman–Crippen LogP) is 6.34. The summed E-state index contributed by atoms with van der Waals surface area (Å²) in [7, 11) is 0. The van der Waals surface area contributed by atoms with Crippen LogP contribution >= 0.6 is 0 Å². The van der Waals surface area contributed by atoms with E-state index in [0.29, 0.717) is 0 Å². The fourth-order valence-electron chi connectivity index (χ4n) is 2.66. The Kier molecular flexibility index (Phi) is 19.2. The zero-order valence-corrected chi connectivity index (χ0v) is 16.4. The number of carbonyl (C=O) groups is 1. The molecule has 0 aliphatic rings. The number of urea groups is 1. The van der Waals surface area contributed by atoms with E-state index in [4.69, 9.17) is 0 Å². The summed E-state index contributed by atoms with van der Waals surface area (Å²) in [6, 6.07) is -0.00932. The molecule has 24 heavy (non-hydrogen) atoms. The van der Waals surface area contributed by atoms with Crippen molar-refractivity contribution in [3.63, 3.8) is 0 Å². The molecule has 0 saturated carbocycles. The van der Waals surface area contributed by atoms with Crippen LogP contribution < -0.4 is 10.6 Å². The van der Waals surface area contributed by atoms with Crippen LogP contribution in [0.25, 0.3) is 0 Å². The predicted molar refractivity (Wildman–Crippen MR) is 107 cm³/mol. The molecular weight excluding hydrogens is 296 g/mol. The van der Waals surface area contributed by atoms with Crippen molar-refractivity contribution >= 4 is 6.03 Å². The van der Waals surface area contributed by atoms with Gasteiger partial charge in [-0.3, -0.25) is 0 Å². The van der Waals surface area contributed by atoms with Gasteiger partial charge in [-0.25, -0.2) is 4.79 Å². The summed E-state index contributed by atoms with van der Waals surface area (Å²) < 4.78 is 0. The van der Waals surface area contributed by atoms with Crippen LogP contribution in [0.3, 0.4) is 0 Å². The van der Waals surface area contributed by atoms with Gasteiger partial charge in [0.05, 0.1) is 0 Å². The standard InChI is InChI=1S/C21H42N2O/c1-3-5-7-8-9-10-11-12-13-14-15-16-17-18-20-23-21(24)22-19-6-4-2/h10-11H,3-9,12-20H2,1-2H3,(H2,22,23,24). The van der Waals surface area contributed by atoms with Crippen molar-refractivity contribution in [1.82, 2.24) is 10.6 Å². The Morgan fingerprint density at radius 2 is 1.08 bits per heavy atom. The van der Waals surface area contributed by atoms with Gasteiger partial charge in [-0.1, -0.05) is 77.4 Å². The topological polar surface area (TPSA) is 41.1 Å². The molecule has 0 radical (unpaired) electrons. The van der Waals surface area contributed by atoms with Gasteiger partial charge in [0, 0.05) is 13.1 Å². The first-order valence-electron chi connectivity index (χ1n) is 10.5. The number of carbonyl (C=O) groups excluding carboxylic acids is 1. The minimum absolute atomic E-state index is 0.00932. The maximum absolute atomic E-state index is 11.4. The average Bonchev–Trinajstić information content (AvgIpc) is 2.58. The van der Waals surface area contributed by atoms with Crippen molar-refractivity contribution in [2.75, 3.05) is 13.1 Å². The molecule has 0 aromatic heterocycles. The maximum atomic E-state index is 11.4. The summed E-state index contributed by atoms with van der Waals surface area (Å²) in [5, 5.41) is 5.80. The SMILES string of the molecule is CCCCCCC=CCCCCCCCCNC(=O)NCCCC. The van der Waals surface area contributed by atoms with Crippen molar-refractivity contribution in [1.29, 1.82) is 0 Å². The van der Waals surface area contributed by atoms with Crippen LogP contribution in [0.15, 0.2) is 12.2 Å². The monoisotopic (exact) mass is 338 g/mol. The molecule has 0 aromatic carbocycles. The third-order valence-corrected chi connectivity index (χ3v) is 4.29. The molecule has 3 nitrogen and oxygen atoms in total. The molecule has 0 fully saturated rings. The van der Waals surface area contributed by atoms with Crippen LogP contribution in [0.2, 0.25) is 0 Å². The Morgan fingerprint density at radius 1 is 0.625 bits per heavy atom. The number of allylic oxidation sites excluding steroid dienone is 2. The number of nitrogens with one attached hydrogen (secondary N) is 2. The molecule has 0 saturated heterocycles. The van der Waals surface area contributed by atoms with E-state index in [-0.39, 0.29) is 6.03 Å². The highest BCUT2D eigenvalue weighted by Gasteiger charge is 1.97. The van der Waals surface area contributed by atoms with Crippen LogP contribution in [0.4, 0.5) is 4.79 Å². The molecule has 0 bridgehead atoms. The van der Waals surface area contributed by atoms with E-state index >= 15 is 0 Å². The molecule has 3 heteroatoms. The molecule has 2 N–H and O–H groups in total. The van der Waals surface area contributed by atoms with E-state index in [1.807, 2.05) is 0 Å². The Hall–Kier alpha value is -0.990. The smallest absolute Gasteiger partial charge is 0.314 e. The average molecular weight is 339 g/mol. The van der Waals surface area contributed by atoms with Crippen molar-refractivity contribution in [3.05, 3.63) is 12.2 Å². The zero-order valence-electron chi connectivity index (χ0n) is 16.4. The van der Waals surface area contributed by atoms with Crippen LogP contribution in [0.5, 0.6) is 0 Å². The van der Waals surface area contributed by atoms with Gasteiger partial charge >= 0.3 is 6.03 Å². The van der Waals surface area contributed by atoms with Crippen molar-refractivity contribution in [2.24, 2.45) is 0 Å². The molecule has 2 amide bonds. The lowest BCUT2D eigenvalue weighted by Gasteiger charge is -2.06. The van der Waals surface area contributed by atoms with Gasteiger partial charge in [0.2, 0.25) is 0 Å². The lowest BCUT2D eigenvalue weighted by Crippen LogP contribution is -2.36. The second kappa shape index (κ2) is 20.1. The molecule has 0 aliphatic heterocycles. The van der Waals surface area contributed by atoms with Crippen molar-refractivity contribution < 1.29 is 4.79 Å². The highest BCUT2D eigenvalue weighted by atomic mass is 16.2. The second-order valence-corrected chi connectivity index (χ2v) is 6.77. The number of rotatable bonds is 17. The number of unbranched alkanes of at least 4 members (excludes halogenated alkanes) is 11. The molecule has 142 valence electrons. The lowest BCUT2D eigenvalue weighted by molar-refractivity contribution is 0.240. The molecule has 0 unspecified atom stereocenters. The summed E-state index contributed by atoms with van der Waals surface area (Å²) in [5.74, 6) is 0. The minimum Gasteiger partial charge on any atom is -0.338 e. The first kappa shape index (κ1) is 23.0. The summed E-state index contributed by atoms with van der Waals surface area (Å²) in [5.41, 5.74) is 0. The normalized spacial score (nSPS) is 11.1. The highest BCUT2D eigenvalue weighted by Crippen LogP contribution is 2.08. The molecule has 0 spiro atoms. The number of hydrogen-bond acceptors (Lipinski definition) is 1. The van der Waals surface area contributed by atoms with E-state index < -0.39 is 0 Å². The Bertz CT molecular complexity index is 290. The van der Waals surface area contributed by atoms with Crippen molar-refractivity contribution in [3.8, 4) is 0 Å². The fraction of sp³-hybridized carbons (Fsp3) is 0.857. The first-order chi connectivity index (χ1) is 11.8. The summed E-state index contributed by atoms with van der Waals surface area (Å²) in [6.07, 6.45) is 22.5. The summed E-state index contributed by atoms with van der Waals surface area (Å²) in [4.78, 5) is 11.4. The number of amides is 2. The number of hydrogen-bond donors (Lipinski definition) is 2. The molecule has 0 aliphatic carbocycles. The third kappa shape index (κ3) is 19.1. The molecular formula is C21H42N2O. The van der Waals surface area contributed by atoms with Crippen molar-refractivity contribution in [2.45, 2.75) is 104 Å². The summed E-state index contributed by atoms with van der Waals surface area (Å²) >= 11 is 0. The minimum atomic E-state index is -0.00932. The van der Waals surface area contributed by atoms with Crippen LogP contribution in [0.1, 0.15) is 104 Å². The Morgan fingerprint density at radius 3 is 1.67 bits per heavy atom. The second-order valence-electron chi connectivity index (χ2n) is 6.77. The fourth-order valence-corrected chi connectivity index (χ4v) is 2.66. The van der Waals surface area contributed by atoms with Crippen LogP contribution in [-0.2, 0) is 0 Å². The quantitative estimate of drug-likeness (QED) is 0.236. The highest BCUT2D eigenvalue weighted by molar-refractivity contribution is 5.73. The van der Waals surface area contributed by atoms with E-state index in [2.05, 4.69) is 36.6 Å². The molecule has 0 aromatic rings. The van der Waals surface area contributed by atoms with Gasteiger partial charge in [-0.2, -0.15) is 0 Å². The Balaban J connectivity index is 3.14. The van der Waals surface area contributed by atoms with Gasteiger partial charge in [-0.15, -0.1) is 0 Å². The van der Waals surface area contributed by atoms with Crippen LogP contribution in [0, 0.1) is 0 Å². The van der Waals surface area contributed by atoms with E-state index in [9.17, 15) is 4.79 Å².